The average molecular weight is 337 g/mol. The van der Waals surface area contributed by atoms with Crippen molar-refractivity contribution in [3.63, 3.8) is 0 Å². The molecule has 0 fully saturated rings. The predicted molar refractivity (Wildman–Crippen MR) is 73.7 cm³/mol. The van der Waals surface area contributed by atoms with E-state index in [-0.39, 0.29) is 26.7 Å². The van der Waals surface area contributed by atoms with E-state index in [1.807, 2.05) is 0 Å². The van der Waals surface area contributed by atoms with Crippen LogP contribution in [-0.4, -0.2) is 18.4 Å². The first-order valence-corrected chi connectivity index (χ1v) is 7.29. The summed E-state index contributed by atoms with van der Waals surface area (Å²) < 4.78 is 39.4. The van der Waals surface area contributed by atoms with Crippen molar-refractivity contribution >= 4 is 44.9 Å². The van der Waals surface area contributed by atoms with Gasteiger partial charge >= 0.3 is 0 Å². The van der Waals surface area contributed by atoms with Gasteiger partial charge in [-0.2, -0.15) is 0 Å². The summed E-state index contributed by atoms with van der Waals surface area (Å²) in [4.78, 5) is 6.97. The Morgan fingerprint density at radius 1 is 1.30 bits per heavy atom. The first kappa shape index (κ1) is 14.8. The maximum Gasteiger partial charge on any atom is 0.265 e. The number of nitrogens with two attached hydrogens (primary N) is 1. The van der Waals surface area contributed by atoms with Crippen LogP contribution in [0.1, 0.15) is 0 Å². The smallest absolute Gasteiger partial charge is 0.265 e. The van der Waals surface area contributed by atoms with E-state index in [1.165, 1.54) is 12.3 Å². The van der Waals surface area contributed by atoms with Gasteiger partial charge in [0.05, 0.1) is 10.7 Å². The van der Waals surface area contributed by atoms with Crippen LogP contribution >= 0.6 is 23.2 Å². The van der Waals surface area contributed by atoms with E-state index < -0.39 is 15.8 Å². The molecule has 0 atom stereocenters. The molecule has 0 aliphatic carbocycles. The number of nitrogen functional groups attached to an aromatic ring is 1. The van der Waals surface area contributed by atoms with Crippen LogP contribution in [0.4, 0.5) is 16.0 Å². The molecule has 106 valence electrons. The molecule has 10 heteroatoms. The first-order chi connectivity index (χ1) is 9.29. The number of halogens is 3. The predicted octanol–water partition coefficient (Wildman–Crippen LogP) is 2.31. The first-order valence-electron chi connectivity index (χ1n) is 5.05. The van der Waals surface area contributed by atoms with Crippen LogP contribution in [0, 0.1) is 5.82 Å². The lowest BCUT2D eigenvalue weighted by Gasteiger charge is -2.09. The molecular formula is C10H7Cl2FN4O2S. The molecule has 2 aromatic rings. The number of hydrogen-bond donors (Lipinski definition) is 2. The lowest BCUT2D eigenvalue weighted by Crippen LogP contribution is -2.16. The van der Waals surface area contributed by atoms with Crippen LogP contribution in [0.2, 0.25) is 10.2 Å². The summed E-state index contributed by atoms with van der Waals surface area (Å²) in [5.41, 5.74) is 4.98. The summed E-state index contributed by atoms with van der Waals surface area (Å²) in [7, 11) is -4.11. The summed E-state index contributed by atoms with van der Waals surface area (Å²) in [6.45, 7) is 0. The van der Waals surface area contributed by atoms with E-state index in [2.05, 4.69) is 14.7 Å². The number of aromatic nitrogens is 2. The van der Waals surface area contributed by atoms with Crippen molar-refractivity contribution in [2.75, 3.05) is 10.5 Å². The molecule has 0 saturated carbocycles. The summed E-state index contributed by atoms with van der Waals surface area (Å²) in [6, 6.07) is 3.09. The van der Waals surface area contributed by atoms with Crippen LogP contribution in [0.5, 0.6) is 0 Å². The van der Waals surface area contributed by atoms with E-state index in [0.29, 0.717) is 0 Å². The summed E-state index contributed by atoms with van der Waals surface area (Å²) in [5, 5.41) is -0.256. The highest BCUT2D eigenvalue weighted by atomic mass is 35.5. The van der Waals surface area contributed by atoms with Gasteiger partial charge in [-0.15, -0.1) is 0 Å². The minimum absolute atomic E-state index is 0.0578. The van der Waals surface area contributed by atoms with Crippen molar-refractivity contribution < 1.29 is 12.8 Å². The number of hydrogen-bond acceptors (Lipinski definition) is 5. The standard InChI is InChI=1S/C10H7Cl2FN4O2S/c11-5-3-6(13)7(14)4-8(5)20(18,19)17-10-15-2-1-9(12)16-10/h1-4H,14H2,(H,15,16,17). The fourth-order valence-corrected chi connectivity index (χ4v) is 2.95. The Morgan fingerprint density at radius 3 is 2.65 bits per heavy atom. The second-order valence-corrected chi connectivity index (χ2v) is 6.06. The van der Waals surface area contributed by atoms with Crippen molar-refractivity contribution in [2.45, 2.75) is 4.90 Å². The van der Waals surface area contributed by atoms with Gasteiger partial charge in [-0.05, 0) is 18.2 Å². The van der Waals surface area contributed by atoms with E-state index in [9.17, 15) is 12.8 Å². The molecule has 1 aromatic carbocycles. The molecule has 2 rings (SSSR count). The lowest BCUT2D eigenvalue weighted by molar-refractivity contribution is 0.599. The molecule has 6 nitrogen and oxygen atoms in total. The normalized spacial score (nSPS) is 11.3. The van der Waals surface area contributed by atoms with Gasteiger partial charge in [0.25, 0.3) is 10.0 Å². The maximum absolute atomic E-state index is 13.2. The summed E-state index contributed by atoms with van der Waals surface area (Å²) in [6.07, 6.45) is 1.27. The number of anilines is 2. The Kier molecular flexibility index (Phi) is 3.98. The molecule has 0 unspecified atom stereocenters. The molecule has 3 N–H and O–H groups in total. The highest BCUT2D eigenvalue weighted by Crippen LogP contribution is 2.27. The Labute approximate surface area is 123 Å². The minimum atomic E-state index is -4.11. The minimum Gasteiger partial charge on any atom is -0.396 e. The van der Waals surface area contributed by atoms with Crippen molar-refractivity contribution in [3.05, 3.63) is 40.4 Å². The number of benzene rings is 1. The van der Waals surface area contributed by atoms with Gasteiger partial charge in [-0.25, -0.2) is 27.5 Å². The van der Waals surface area contributed by atoms with Crippen molar-refractivity contribution in [1.29, 1.82) is 0 Å². The number of nitrogens with one attached hydrogen (secondary N) is 1. The molecular weight excluding hydrogens is 330 g/mol. The largest absolute Gasteiger partial charge is 0.396 e. The summed E-state index contributed by atoms with van der Waals surface area (Å²) in [5.74, 6) is -1.05. The van der Waals surface area contributed by atoms with Gasteiger partial charge in [0.2, 0.25) is 5.95 Å². The lowest BCUT2D eigenvalue weighted by atomic mass is 10.3. The topological polar surface area (TPSA) is 98.0 Å². The zero-order chi connectivity index (χ0) is 14.9. The van der Waals surface area contributed by atoms with Gasteiger partial charge < -0.3 is 5.73 Å². The Hall–Kier alpha value is -1.64. The fourth-order valence-electron chi connectivity index (χ4n) is 1.31. The van der Waals surface area contributed by atoms with Crippen LogP contribution < -0.4 is 10.5 Å². The Bertz CT molecular complexity index is 770. The Balaban J connectivity index is 2.43. The fraction of sp³-hybridized carbons (Fsp3) is 0. The third-order valence-electron chi connectivity index (χ3n) is 2.19. The molecule has 1 aromatic heterocycles. The molecule has 0 aliphatic heterocycles. The monoisotopic (exact) mass is 336 g/mol. The van der Waals surface area contributed by atoms with Crippen LogP contribution in [-0.2, 0) is 10.0 Å². The third kappa shape index (κ3) is 3.09. The number of sulfonamides is 1. The van der Waals surface area contributed by atoms with Gasteiger partial charge in [0, 0.05) is 6.20 Å². The molecule has 0 radical (unpaired) electrons. The second-order valence-electron chi connectivity index (χ2n) is 3.61. The Morgan fingerprint density at radius 2 is 2.00 bits per heavy atom. The molecule has 1 heterocycles. The SMILES string of the molecule is Nc1cc(S(=O)(=O)Nc2nccc(Cl)n2)c(Cl)cc1F. The highest BCUT2D eigenvalue weighted by molar-refractivity contribution is 7.92. The van der Waals surface area contributed by atoms with Crippen molar-refractivity contribution in [2.24, 2.45) is 0 Å². The zero-order valence-electron chi connectivity index (χ0n) is 9.64. The molecule has 0 bridgehead atoms. The number of rotatable bonds is 3. The average Bonchev–Trinajstić information content (AvgIpc) is 2.33. The second kappa shape index (κ2) is 5.39. The van der Waals surface area contributed by atoms with E-state index in [4.69, 9.17) is 28.9 Å². The van der Waals surface area contributed by atoms with Gasteiger partial charge in [0.15, 0.2) is 0 Å². The van der Waals surface area contributed by atoms with Crippen molar-refractivity contribution in [1.82, 2.24) is 9.97 Å². The highest BCUT2D eigenvalue weighted by Gasteiger charge is 2.21. The molecule has 20 heavy (non-hydrogen) atoms. The van der Waals surface area contributed by atoms with E-state index in [1.54, 1.807) is 0 Å². The third-order valence-corrected chi connectivity index (χ3v) is 4.19. The maximum atomic E-state index is 13.2. The van der Waals surface area contributed by atoms with E-state index >= 15 is 0 Å². The van der Waals surface area contributed by atoms with Crippen LogP contribution in [0.3, 0.4) is 0 Å². The van der Waals surface area contributed by atoms with Gasteiger partial charge in [-0.1, -0.05) is 23.2 Å². The van der Waals surface area contributed by atoms with E-state index in [0.717, 1.165) is 12.1 Å². The molecule has 0 aliphatic rings. The van der Waals surface area contributed by atoms with Gasteiger partial charge in [0.1, 0.15) is 15.9 Å². The summed E-state index contributed by atoms with van der Waals surface area (Å²) >= 11 is 11.3. The van der Waals surface area contributed by atoms with Crippen molar-refractivity contribution in [3.8, 4) is 0 Å². The molecule has 0 saturated heterocycles. The van der Waals surface area contributed by atoms with Crippen LogP contribution in [0.25, 0.3) is 0 Å². The quantitative estimate of drug-likeness (QED) is 0.662. The molecule has 0 amide bonds. The zero-order valence-corrected chi connectivity index (χ0v) is 12.0. The van der Waals surface area contributed by atoms with Gasteiger partial charge in [-0.3, -0.25) is 0 Å². The molecule has 0 spiro atoms. The number of nitrogens with zero attached hydrogens (tertiary/aromatic N) is 2. The van der Waals surface area contributed by atoms with Crippen LogP contribution in [0.15, 0.2) is 29.3 Å².